The van der Waals surface area contributed by atoms with E-state index < -0.39 is 17.6 Å². The molecule has 2 N–H and O–H groups in total. The molecule has 3 heterocycles. The normalized spacial score (nSPS) is 23.4. The third-order valence-electron chi connectivity index (χ3n) is 6.05. The number of ether oxygens (including phenoxy) is 1. The summed E-state index contributed by atoms with van der Waals surface area (Å²) in [5, 5.41) is 6.49. The van der Waals surface area contributed by atoms with E-state index in [0.717, 1.165) is 43.8 Å². The predicted octanol–water partition coefficient (Wildman–Crippen LogP) is 4.38. The lowest BCUT2D eigenvalue weighted by atomic mass is 9.89. The fourth-order valence-corrected chi connectivity index (χ4v) is 4.84. The van der Waals surface area contributed by atoms with Gasteiger partial charge in [-0.2, -0.15) is 13.2 Å². The summed E-state index contributed by atoms with van der Waals surface area (Å²) in [7, 11) is 0. The van der Waals surface area contributed by atoms with Crippen LogP contribution in [0.4, 0.5) is 34.6 Å². The van der Waals surface area contributed by atoms with E-state index in [1.54, 1.807) is 0 Å². The molecule has 4 nitrogen and oxygen atoms in total. The van der Waals surface area contributed by atoms with Gasteiger partial charge in [-0.05, 0) is 48.9 Å². The van der Waals surface area contributed by atoms with Crippen LogP contribution in [0.5, 0.6) is 0 Å². The van der Waals surface area contributed by atoms with E-state index in [-0.39, 0.29) is 5.69 Å². The lowest BCUT2D eigenvalue weighted by Crippen LogP contribution is -2.44. The molecule has 2 atom stereocenters. The molecular weight excluding hydrogens is 386 g/mol. The van der Waals surface area contributed by atoms with E-state index in [4.69, 9.17) is 4.74 Å². The molecule has 0 radical (unpaired) electrons. The van der Waals surface area contributed by atoms with E-state index in [0.29, 0.717) is 30.9 Å². The average molecular weight is 407 g/mol. The second kappa shape index (κ2) is 6.88. The Morgan fingerprint density at radius 3 is 2.83 bits per heavy atom. The number of hydrogen-bond acceptors (Lipinski definition) is 4. The van der Waals surface area contributed by atoms with Gasteiger partial charge in [-0.25, -0.2) is 4.39 Å². The molecular formula is C21H21F4N3O. The first-order valence-corrected chi connectivity index (χ1v) is 9.77. The molecule has 3 aliphatic heterocycles. The molecule has 0 amide bonds. The molecule has 2 aromatic carbocycles. The smallest absolute Gasteiger partial charge is 0.375 e. The van der Waals surface area contributed by atoms with Gasteiger partial charge < -0.3 is 20.3 Å². The second-order valence-electron chi connectivity index (χ2n) is 7.80. The summed E-state index contributed by atoms with van der Waals surface area (Å²) in [5.41, 5.74) is 3.07. The highest BCUT2D eigenvalue weighted by Crippen LogP contribution is 2.47. The fourth-order valence-electron chi connectivity index (χ4n) is 4.84. The molecule has 5 rings (SSSR count). The number of fused-ring (bicyclic) bond motifs is 3. The van der Waals surface area contributed by atoms with E-state index in [1.165, 1.54) is 17.3 Å². The molecule has 154 valence electrons. The molecule has 0 spiro atoms. The van der Waals surface area contributed by atoms with E-state index >= 15 is 0 Å². The molecule has 1 saturated heterocycles. The van der Waals surface area contributed by atoms with Crippen LogP contribution in [0.3, 0.4) is 0 Å². The van der Waals surface area contributed by atoms with Crippen LogP contribution in [0.25, 0.3) is 0 Å². The lowest BCUT2D eigenvalue weighted by molar-refractivity contribution is -0.139. The van der Waals surface area contributed by atoms with Crippen molar-refractivity contribution in [1.29, 1.82) is 0 Å². The maximum absolute atomic E-state index is 13.6. The topological polar surface area (TPSA) is 36.5 Å². The van der Waals surface area contributed by atoms with Gasteiger partial charge in [-0.1, -0.05) is 0 Å². The van der Waals surface area contributed by atoms with Gasteiger partial charge in [0.05, 0.1) is 18.8 Å². The highest BCUT2D eigenvalue weighted by atomic mass is 19.4. The zero-order valence-electron chi connectivity index (χ0n) is 15.7. The maximum Gasteiger partial charge on any atom is 0.419 e. The summed E-state index contributed by atoms with van der Waals surface area (Å²) in [6, 6.07) is 7.35. The van der Waals surface area contributed by atoms with Gasteiger partial charge >= 0.3 is 6.18 Å². The summed E-state index contributed by atoms with van der Waals surface area (Å²) >= 11 is 0. The highest BCUT2D eigenvalue weighted by molar-refractivity contribution is 5.74. The van der Waals surface area contributed by atoms with Gasteiger partial charge in [0.2, 0.25) is 0 Å². The number of rotatable bonds is 2. The maximum atomic E-state index is 13.6. The third kappa shape index (κ3) is 3.24. The first-order valence-electron chi connectivity index (χ1n) is 9.77. The molecule has 0 unspecified atom stereocenters. The Bertz CT molecular complexity index is 946. The zero-order valence-corrected chi connectivity index (χ0v) is 15.7. The Kier molecular flexibility index (Phi) is 4.43. The molecule has 0 aliphatic carbocycles. The highest BCUT2D eigenvalue weighted by Gasteiger charge is 2.42. The minimum absolute atomic E-state index is 0.202. The quantitative estimate of drug-likeness (QED) is 0.725. The van der Waals surface area contributed by atoms with Gasteiger partial charge in [-0.15, -0.1) is 0 Å². The van der Waals surface area contributed by atoms with Crippen molar-refractivity contribution < 1.29 is 22.3 Å². The van der Waals surface area contributed by atoms with Crippen LogP contribution >= 0.6 is 0 Å². The minimum Gasteiger partial charge on any atom is -0.375 e. The van der Waals surface area contributed by atoms with Crippen molar-refractivity contribution in [1.82, 2.24) is 5.32 Å². The van der Waals surface area contributed by atoms with Crippen molar-refractivity contribution in [3.8, 4) is 0 Å². The minimum atomic E-state index is -4.74. The Hall–Kier alpha value is -2.32. The summed E-state index contributed by atoms with van der Waals surface area (Å²) in [4.78, 5) is 2.44. The SMILES string of the molecule is Fc1ccc(Nc2cc3c4c(c2)[C@@H]2CNCC[C@@H]2N4CCOC3)cc1C(F)(F)F. The predicted molar refractivity (Wildman–Crippen MR) is 102 cm³/mol. The van der Waals surface area contributed by atoms with Crippen molar-refractivity contribution in [3.05, 3.63) is 52.8 Å². The number of nitrogens with zero attached hydrogens (tertiary/aromatic N) is 1. The Morgan fingerprint density at radius 2 is 2.00 bits per heavy atom. The number of hydrogen-bond donors (Lipinski definition) is 2. The van der Waals surface area contributed by atoms with Gasteiger partial charge in [0, 0.05) is 47.7 Å². The summed E-state index contributed by atoms with van der Waals surface area (Å²) in [6.45, 7) is 3.83. The van der Waals surface area contributed by atoms with E-state index in [2.05, 4.69) is 15.5 Å². The summed E-state index contributed by atoms with van der Waals surface area (Å²) < 4.78 is 58.5. The van der Waals surface area contributed by atoms with Crippen molar-refractivity contribution >= 4 is 17.1 Å². The molecule has 0 saturated carbocycles. The summed E-state index contributed by atoms with van der Waals surface area (Å²) in [6.07, 6.45) is -3.69. The van der Waals surface area contributed by atoms with Crippen LogP contribution in [-0.4, -0.2) is 32.3 Å². The Balaban J connectivity index is 1.53. The summed E-state index contributed by atoms with van der Waals surface area (Å²) in [5.74, 6) is -0.931. The number of piperidine rings is 1. The lowest BCUT2D eigenvalue weighted by Gasteiger charge is -2.33. The molecule has 3 aliphatic rings. The Labute approximate surface area is 165 Å². The van der Waals surface area contributed by atoms with Crippen LogP contribution in [0.15, 0.2) is 30.3 Å². The molecule has 29 heavy (non-hydrogen) atoms. The first-order chi connectivity index (χ1) is 13.9. The molecule has 2 aromatic rings. The van der Waals surface area contributed by atoms with Crippen LogP contribution in [-0.2, 0) is 17.5 Å². The molecule has 0 aromatic heterocycles. The molecule has 0 bridgehead atoms. The number of halogens is 4. The van der Waals surface area contributed by atoms with Crippen molar-refractivity contribution in [3.63, 3.8) is 0 Å². The van der Waals surface area contributed by atoms with Gasteiger partial charge in [0.15, 0.2) is 0 Å². The number of anilines is 3. The van der Waals surface area contributed by atoms with Crippen LogP contribution in [0, 0.1) is 5.82 Å². The van der Waals surface area contributed by atoms with Crippen LogP contribution < -0.4 is 15.5 Å². The van der Waals surface area contributed by atoms with Gasteiger partial charge in [0.1, 0.15) is 5.82 Å². The number of benzene rings is 2. The van der Waals surface area contributed by atoms with Crippen molar-refractivity contribution in [2.45, 2.75) is 31.2 Å². The molecule has 8 heteroatoms. The largest absolute Gasteiger partial charge is 0.419 e. The van der Waals surface area contributed by atoms with Gasteiger partial charge in [0.25, 0.3) is 0 Å². The monoisotopic (exact) mass is 407 g/mol. The number of nitrogens with one attached hydrogen (secondary N) is 2. The zero-order chi connectivity index (χ0) is 20.2. The second-order valence-corrected chi connectivity index (χ2v) is 7.80. The number of alkyl halides is 3. The van der Waals surface area contributed by atoms with Gasteiger partial charge in [-0.3, -0.25) is 0 Å². The fraction of sp³-hybridized carbons (Fsp3) is 0.429. The standard InChI is InChI=1S/C21H21F4N3O/c22-18-2-1-13(9-17(18)21(23,24)25)27-14-7-12-11-29-6-5-28-19-3-4-26-10-16(19)15(8-14)20(12)28/h1-2,7-9,16,19,26-27H,3-6,10-11H2/t16-,19-/m0/s1. The van der Waals surface area contributed by atoms with E-state index in [1.807, 2.05) is 12.1 Å². The van der Waals surface area contributed by atoms with Crippen LogP contribution in [0.1, 0.15) is 29.0 Å². The van der Waals surface area contributed by atoms with Crippen molar-refractivity contribution in [2.75, 3.05) is 36.5 Å². The Morgan fingerprint density at radius 1 is 1.14 bits per heavy atom. The van der Waals surface area contributed by atoms with Crippen molar-refractivity contribution in [2.24, 2.45) is 0 Å². The van der Waals surface area contributed by atoms with E-state index in [9.17, 15) is 17.6 Å². The third-order valence-corrected chi connectivity index (χ3v) is 6.05. The first kappa shape index (κ1) is 18.7. The molecule has 1 fully saturated rings. The average Bonchev–Trinajstić information content (AvgIpc) is 2.84. The van der Waals surface area contributed by atoms with Crippen LogP contribution in [0.2, 0.25) is 0 Å².